The predicted octanol–water partition coefficient (Wildman–Crippen LogP) is 4.68. The molecule has 2 nitrogen and oxygen atoms in total. The van der Waals surface area contributed by atoms with Gasteiger partial charge in [0.2, 0.25) is 0 Å². The lowest BCUT2D eigenvalue weighted by molar-refractivity contribution is -0.560. The Labute approximate surface area is 154 Å². The highest BCUT2D eigenvalue weighted by Gasteiger charge is 3.15. The van der Waals surface area contributed by atoms with Crippen molar-refractivity contribution in [2.45, 2.75) is 52.5 Å². The van der Waals surface area contributed by atoms with Gasteiger partial charge in [-0.15, -0.1) is 0 Å². The third-order valence-corrected chi connectivity index (χ3v) is 5.01. The van der Waals surface area contributed by atoms with E-state index in [4.69, 9.17) is 0 Å². The second-order valence-electron chi connectivity index (χ2n) is 6.35. The molecule has 0 N–H and O–H groups in total. The molecule has 0 aromatic rings. The molecule has 2 aliphatic rings. The smallest absolute Gasteiger partial charge is 0.380 e. The molecule has 30 heavy (non-hydrogen) atoms. The van der Waals surface area contributed by atoms with Gasteiger partial charge in [-0.3, -0.25) is 0 Å². The Kier molecular flexibility index (Phi) is 4.47. The maximum Gasteiger partial charge on any atom is 0.380 e. The summed E-state index contributed by atoms with van der Waals surface area (Å²) >= 11 is 0. The van der Waals surface area contributed by atoms with Crippen LogP contribution < -0.4 is 0 Å². The summed E-state index contributed by atoms with van der Waals surface area (Å²) < 4.78 is 214. The van der Waals surface area contributed by atoms with Crippen LogP contribution in [0.4, 0.5) is 65.9 Å². The van der Waals surface area contributed by atoms with Gasteiger partial charge in [0.25, 0.3) is 5.67 Å². The number of halogens is 15. The molecule has 3 unspecified atom stereocenters. The lowest BCUT2D eigenvalue weighted by Gasteiger charge is -2.66. The summed E-state index contributed by atoms with van der Waals surface area (Å²) in [5, 5.41) is 0. The Morgan fingerprint density at radius 2 is 1.10 bits per heavy atom. The van der Waals surface area contributed by atoms with E-state index in [1.165, 1.54) is 0 Å². The monoisotopic (exact) mass is 478 g/mol. The van der Waals surface area contributed by atoms with Crippen LogP contribution in [-0.4, -0.2) is 65.1 Å². The van der Waals surface area contributed by atoms with Gasteiger partial charge in [0, 0.05) is 6.08 Å². The first kappa shape index (κ1) is 24.4. The highest BCUT2D eigenvalue weighted by Crippen LogP contribution is 2.80. The third-order valence-electron chi connectivity index (χ3n) is 5.01. The summed E-state index contributed by atoms with van der Waals surface area (Å²) in [7, 11) is 0. The number of rotatable bonds is 3. The van der Waals surface area contributed by atoms with Crippen LogP contribution >= 0.6 is 0 Å². The summed E-state index contributed by atoms with van der Waals surface area (Å²) in [5.41, 5.74) is -22.4. The van der Waals surface area contributed by atoms with Crippen LogP contribution in [0.5, 0.6) is 0 Å². The summed E-state index contributed by atoms with van der Waals surface area (Å²) in [6, 6.07) is 0. The van der Waals surface area contributed by atoms with E-state index >= 15 is 0 Å². The third kappa shape index (κ3) is 1.72. The number of fused-ring (bicyclic) bond motifs is 2. The zero-order valence-corrected chi connectivity index (χ0v) is 13.5. The molecule has 0 spiro atoms. The Morgan fingerprint density at radius 1 is 0.667 bits per heavy atom. The van der Waals surface area contributed by atoms with E-state index in [0.717, 1.165) is 0 Å². The van der Waals surface area contributed by atoms with Gasteiger partial charge in [-0.1, -0.05) is 6.58 Å². The highest BCUT2D eigenvalue weighted by atomic mass is 19.4. The number of carbonyl (C=O) groups is 1. The number of hydrogen-bond acceptors (Lipinski definition) is 2. The fraction of sp³-hybridized carbons (Fsp3) is 0.769. The van der Waals surface area contributed by atoms with Crippen molar-refractivity contribution in [1.29, 1.82) is 0 Å². The van der Waals surface area contributed by atoms with E-state index in [1.807, 2.05) is 0 Å². The van der Waals surface area contributed by atoms with Crippen molar-refractivity contribution in [2.75, 3.05) is 6.67 Å². The van der Waals surface area contributed by atoms with Crippen molar-refractivity contribution in [3.05, 3.63) is 12.7 Å². The van der Waals surface area contributed by atoms with Crippen molar-refractivity contribution < 1.29 is 75.4 Å². The SMILES string of the molecule is C=CC(=O)OC12C(F)(F)C(F)(F)C(F)(F)C(F)(C(F)(F)C(F)(CF)C1(F)F)C2(F)F. The van der Waals surface area contributed by atoms with Crippen molar-refractivity contribution >= 4 is 5.97 Å². The molecule has 0 radical (unpaired) electrons. The van der Waals surface area contributed by atoms with Gasteiger partial charge in [-0.05, 0) is 0 Å². The van der Waals surface area contributed by atoms with Crippen LogP contribution in [0, 0.1) is 0 Å². The summed E-state index contributed by atoms with van der Waals surface area (Å²) in [5.74, 6) is -50.0. The molecule has 2 fully saturated rings. The predicted molar refractivity (Wildman–Crippen MR) is 62.4 cm³/mol. The number of hydrogen-bond donors (Lipinski definition) is 0. The Balaban J connectivity index is 3.28. The molecule has 2 saturated carbocycles. The standard InChI is InChI=1S/C13H5F15O2/c1-2-4(29)30-7-9(19,20)5(15,3-14)8(17,18)6(16,10(7,21)22)11(23,24)13(27,28)12(7,25)26/h2H,1,3H2. The summed E-state index contributed by atoms with van der Waals surface area (Å²) in [6.45, 7) is -1.84. The van der Waals surface area contributed by atoms with E-state index in [2.05, 4.69) is 11.3 Å². The largest absolute Gasteiger partial charge is 0.436 e. The van der Waals surface area contributed by atoms with E-state index in [0.29, 0.717) is 0 Å². The molecule has 0 aliphatic heterocycles. The van der Waals surface area contributed by atoms with Crippen LogP contribution in [0.25, 0.3) is 0 Å². The molecule has 0 aromatic carbocycles. The maximum absolute atomic E-state index is 14.6. The maximum atomic E-state index is 14.6. The van der Waals surface area contributed by atoms with Crippen LogP contribution in [0.1, 0.15) is 0 Å². The average Bonchev–Trinajstić information content (AvgIpc) is 2.60. The second kappa shape index (κ2) is 5.49. The van der Waals surface area contributed by atoms with Gasteiger partial charge >= 0.3 is 52.8 Å². The minimum absolute atomic E-state index is 0.607. The zero-order chi connectivity index (χ0) is 24.2. The molecular weight excluding hydrogens is 473 g/mol. The van der Waals surface area contributed by atoms with E-state index in [-0.39, 0.29) is 0 Å². The van der Waals surface area contributed by atoms with Crippen LogP contribution in [-0.2, 0) is 9.53 Å². The Hall–Kier alpha value is -1.84. The minimum atomic E-state index is -8.01. The van der Waals surface area contributed by atoms with Crippen molar-refractivity contribution in [1.82, 2.24) is 0 Å². The molecule has 174 valence electrons. The van der Waals surface area contributed by atoms with E-state index < -0.39 is 71.2 Å². The molecule has 17 heteroatoms. The Morgan fingerprint density at radius 3 is 1.47 bits per heavy atom. The lowest BCUT2D eigenvalue weighted by Crippen LogP contribution is -3.00. The first-order valence-corrected chi connectivity index (χ1v) is 7.08. The number of carbonyl (C=O) groups excluding carboxylic acids is 1. The molecule has 3 atom stereocenters. The molecule has 2 rings (SSSR count). The van der Waals surface area contributed by atoms with E-state index in [9.17, 15) is 70.7 Å². The fourth-order valence-corrected chi connectivity index (χ4v) is 3.36. The quantitative estimate of drug-likeness (QED) is 0.335. The van der Waals surface area contributed by atoms with Gasteiger partial charge in [0.15, 0.2) is 0 Å². The number of alkyl halides is 15. The van der Waals surface area contributed by atoms with Crippen LogP contribution in [0.2, 0.25) is 0 Å². The van der Waals surface area contributed by atoms with Crippen molar-refractivity contribution in [2.24, 2.45) is 0 Å². The van der Waals surface area contributed by atoms with Crippen molar-refractivity contribution in [3.63, 3.8) is 0 Å². The molecule has 0 saturated heterocycles. The second-order valence-corrected chi connectivity index (χ2v) is 6.35. The van der Waals surface area contributed by atoms with Crippen LogP contribution in [0.15, 0.2) is 12.7 Å². The normalized spacial score (nSPS) is 41.6. The molecule has 2 aliphatic carbocycles. The van der Waals surface area contributed by atoms with Gasteiger partial charge in [-0.2, -0.15) is 52.7 Å². The zero-order valence-electron chi connectivity index (χ0n) is 13.5. The van der Waals surface area contributed by atoms with Gasteiger partial charge in [0.05, 0.1) is 0 Å². The fourth-order valence-electron chi connectivity index (χ4n) is 3.36. The lowest BCUT2D eigenvalue weighted by atomic mass is 9.51. The number of ether oxygens (including phenoxy) is 1. The summed E-state index contributed by atoms with van der Waals surface area (Å²) in [4.78, 5) is 11.1. The first-order valence-electron chi connectivity index (χ1n) is 7.08. The summed E-state index contributed by atoms with van der Waals surface area (Å²) in [6.07, 6.45) is -0.607. The highest BCUT2D eigenvalue weighted by molar-refractivity contribution is 5.82. The van der Waals surface area contributed by atoms with Crippen molar-refractivity contribution in [3.8, 4) is 0 Å². The molecule has 2 bridgehead atoms. The van der Waals surface area contributed by atoms with E-state index in [1.54, 1.807) is 0 Å². The average molecular weight is 478 g/mol. The molecule has 0 heterocycles. The number of esters is 1. The molecule has 0 aromatic heterocycles. The van der Waals surface area contributed by atoms with Gasteiger partial charge in [0.1, 0.15) is 6.67 Å². The Bertz CT molecular complexity index is 791. The minimum Gasteiger partial charge on any atom is -0.436 e. The molecule has 0 amide bonds. The van der Waals surface area contributed by atoms with Gasteiger partial charge in [-0.25, -0.2) is 18.0 Å². The topological polar surface area (TPSA) is 26.3 Å². The van der Waals surface area contributed by atoms with Gasteiger partial charge < -0.3 is 4.74 Å². The van der Waals surface area contributed by atoms with Crippen LogP contribution in [0.3, 0.4) is 0 Å². The first-order chi connectivity index (χ1) is 13.0. The molecular formula is C13H5F15O2.